The van der Waals surface area contributed by atoms with E-state index in [9.17, 15) is 10.0 Å². The lowest BCUT2D eigenvalue weighted by Crippen LogP contribution is -2.66. The molecule has 5 saturated carbocycles. The van der Waals surface area contributed by atoms with Crippen molar-refractivity contribution in [2.45, 2.75) is 113 Å². The molecule has 0 aromatic carbocycles. The summed E-state index contributed by atoms with van der Waals surface area (Å²) in [6.07, 6.45) is 12.0. The lowest BCUT2D eigenvalue weighted by Gasteiger charge is -2.72. The summed E-state index contributed by atoms with van der Waals surface area (Å²) < 4.78 is 5.79. The van der Waals surface area contributed by atoms with Crippen LogP contribution in [0, 0.1) is 56.7 Å². The van der Waals surface area contributed by atoms with Gasteiger partial charge in [-0.1, -0.05) is 51.9 Å². The maximum absolute atomic E-state index is 11.9. The number of nitrogens with zero attached hydrogens (tertiary/aromatic N) is 1. The summed E-state index contributed by atoms with van der Waals surface area (Å²) in [6.45, 7) is 21.5. The Morgan fingerprint density at radius 1 is 0.944 bits per heavy atom. The maximum Gasteiger partial charge on any atom is 0.302 e. The Labute approximate surface area is 219 Å². The summed E-state index contributed by atoms with van der Waals surface area (Å²) in [7, 11) is 0. The van der Waals surface area contributed by atoms with Crippen molar-refractivity contribution < 1.29 is 14.7 Å². The summed E-state index contributed by atoms with van der Waals surface area (Å²) in [5, 5.41) is 13.6. The molecule has 36 heavy (non-hydrogen) atoms. The fourth-order valence-electron chi connectivity index (χ4n) is 11.8. The zero-order valence-electron chi connectivity index (χ0n) is 24.1. The highest BCUT2D eigenvalue weighted by Crippen LogP contribution is 2.77. The second kappa shape index (κ2) is 8.34. The van der Waals surface area contributed by atoms with Crippen molar-refractivity contribution in [3.05, 3.63) is 12.2 Å². The van der Waals surface area contributed by atoms with E-state index in [0.29, 0.717) is 47.0 Å². The van der Waals surface area contributed by atoms with Crippen molar-refractivity contribution in [2.24, 2.45) is 61.8 Å². The van der Waals surface area contributed by atoms with Crippen LogP contribution in [0.4, 0.5) is 0 Å². The van der Waals surface area contributed by atoms with Gasteiger partial charge in [-0.3, -0.25) is 4.79 Å². The van der Waals surface area contributed by atoms with E-state index < -0.39 is 0 Å². The summed E-state index contributed by atoms with van der Waals surface area (Å²) in [4.78, 5) is 11.9. The van der Waals surface area contributed by atoms with Crippen molar-refractivity contribution in [3.63, 3.8) is 0 Å². The number of fused-ring (bicyclic) bond motifs is 7. The van der Waals surface area contributed by atoms with Crippen LogP contribution in [0.1, 0.15) is 113 Å². The number of carbonyl (C=O) groups excluding carboxylic acids is 1. The fraction of sp³-hybridized carbons (Fsp3) is 0.875. The molecule has 4 nitrogen and oxygen atoms in total. The number of hydrogen-bond donors (Lipinski definition) is 1. The molecule has 5 aliphatic carbocycles. The van der Waals surface area contributed by atoms with Crippen molar-refractivity contribution in [1.29, 1.82) is 0 Å². The second-order valence-corrected chi connectivity index (χ2v) is 15.1. The van der Waals surface area contributed by atoms with Crippen LogP contribution in [0.2, 0.25) is 0 Å². The highest BCUT2D eigenvalue weighted by molar-refractivity contribution is 5.90. The number of rotatable bonds is 3. The molecule has 5 aliphatic rings. The SMILES string of the molecule is C=C(C)[C@@H]1CC[C@]2(COC(C)=O)CC[C@]3(C)[C@H](CC[C@@H]4[C@@]5(C)CC/C(=N\O)C(C)(C)[C@@H]5CC[C@]43C)[C@H]12. The fourth-order valence-corrected chi connectivity index (χ4v) is 11.8. The molecule has 0 heterocycles. The van der Waals surface area contributed by atoms with E-state index in [2.05, 4.69) is 53.3 Å². The molecule has 5 rings (SSSR count). The first-order valence-corrected chi connectivity index (χ1v) is 14.8. The van der Waals surface area contributed by atoms with Gasteiger partial charge in [0, 0.05) is 17.8 Å². The van der Waals surface area contributed by atoms with Gasteiger partial charge in [-0.25, -0.2) is 0 Å². The standard InChI is InChI=1S/C32H51NO3/c1-20(2)22-11-16-32(19-36-21(3)34)18-17-30(7)23(27(22)32)9-10-25-29(6)14-13-26(33-35)28(4,5)24(29)12-15-31(25,30)8/h22-25,27,35H,1,9-19H2,2-8H3/b33-26+/t22-,23+,24-,25+,27-,29-,30+,31+,32+/m0/s1. The molecule has 0 amide bonds. The minimum absolute atomic E-state index is 0.0386. The van der Waals surface area contributed by atoms with Crippen molar-refractivity contribution in [3.8, 4) is 0 Å². The van der Waals surface area contributed by atoms with Crippen LogP contribution in [0.5, 0.6) is 0 Å². The zero-order valence-corrected chi connectivity index (χ0v) is 24.1. The van der Waals surface area contributed by atoms with E-state index in [1.165, 1.54) is 56.9 Å². The van der Waals surface area contributed by atoms with Gasteiger partial charge in [0.2, 0.25) is 0 Å². The zero-order chi connectivity index (χ0) is 26.3. The Kier molecular flexibility index (Phi) is 6.09. The molecule has 202 valence electrons. The van der Waals surface area contributed by atoms with E-state index in [1.54, 1.807) is 6.92 Å². The largest absolute Gasteiger partial charge is 0.465 e. The Morgan fingerprint density at radius 3 is 2.31 bits per heavy atom. The molecule has 9 atom stereocenters. The average molecular weight is 498 g/mol. The number of oxime groups is 1. The number of ether oxygens (including phenoxy) is 1. The minimum atomic E-state index is -0.136. The molecular weight excluding hydrogens is 446 g/mol. The van der Waals surface area contributed by atoms with Gasteiger partial charge in [-0.05, 0) is 117 Å². The molecule has 0 aromatic heterocycles. The van der Waals surface area contributed by atoms with Gasteiger partial charge in [0.05, 0.1) is 12.3 Å². The van der Waals surface area contributed by atoms with Crippen LogP contribution in [-0.4, -0.2) is 23.5 Å². The summed E-state index contributed by atoms with van der Waals surface area (Å²) in [5.74, 6) is 2.93. The van der Waals surface area contributed by atoms with Gasteiger partial charge >= 0.3 is 5.97 Å². The van der Waals surface area contributed by atoms with Crippen LogP contribution in [0.25, 0.3) is 0 Å². The van der Waals surface area contributed by atoms with Crippen LogP contribution >= 0.6 is 0 Å². The first-order chi connectivity index (χ1) is 16.8. The first-order valence-electron chi connectivity index (χ1n) is 14.8. The number of hydrogen-bond acceptors (Lipinski definition) is 4. The predicted octanol–water partition coefficient (Wildman–Crippen LogP) is 8.04. The lowest BCUT2D eigenvalue weighted by molar-refractivity contribution is -0.231. The highest BCUT2D eigenvalue weighted by atomic mass is 16.5. The third-order valence-corrected chi connectivity index (χ3v) is 13.7. The van der Waals surface area contributed by atoms with E-state index >= 15 is 0 Å². The van der Waals surface area contributed by atoms with E-state index in [0.717, 1.165) is 18.6 Å². The van der Waals surface area contributed by atoms with Crippen LogP contribution in [0.15, 0.2) is 17.3 Å². The average Bonchev–Trinajstić information content (AvgIpc) is 3.18. The third kappa shape index (κ3) is 3.30. The summed E-state index contributed by atoms with van der Waals surface area (Å²) >= 11 is 0. The van der Waals surface area contributed by atoms with Gasteiger partial charge in [0.15, 0.2) is 0 Å². The van der Waals surface area contributed by atoms with Gasteiger partial charge in [0.1, 0.15) is 0 Å². The van der Waals surface area contributed by atoms with Gasteiger partial charge in [0.25, 0.3) is 0 Å². The highest BCUT2D eigenvalue weighted by Gasteiger charge is 2.70. The Balaban J connectivity index is 1.53. The van der Waals surface area contributed by atoms with Crippen molar-refractivity contribution >= 4 is 11.7 Å². The molecule has 5 fully saturated rings. The van der Waals surface area contributed by atoms with Crippen LogP contribution < -0.4 is 0 Å². The Hall–Kier alpha value is -1.32. The Bertz CT molecular complexity index is 968. The molecule has 0 radical (unpaired) electrons. The predicted molar refractivity (Wildman–Crippen MR) is 145 cm³/mol. The molecule has 0 aromatic rings. The minimum Gasteiger partial charge on any atom is -0.465 e. The normalized spacial score (nSPS) is 50.4. The van der Waals surface area contributed by atoms with Gasteiger partial charge in [-0.2, -0.15) is 0 Å². The third-order valence-electron chi connectivity index (χ3n) is 13.7. The molecule has 0 saturated heterocycles. The maximum atomic E-state index is 11.9. The Morgan fingerprint density at radius 2 is 1.67 bits per heavy atom. The molecular formula is C32H51NO3. The molecule has 0 unspecified atom stereocenters. The molecule has 0 aliphatic heterocycles. The van der Waals surface area contributed by atoms with Crippen molar-refractivity contribution in [2.75, 3.05) is 6.61 Å². The van der Waals surface area contributed by atoms with Crippen LogP contribution in [-0.2, 0) is 9.53 Å². The van der Waals surface area contributed by atoms with Crippen LogP contribution in [0.3, 0.4) is 0 Å². The van der Waals surface area contributed by atoms with E-state index in [4.69, 9.17) is 4.74 Å². The van der Waals surface area contributed by atoms with E-state index in [-0.39, 0.29) is 22.2 Å². The number of esters is 1. The van der Waals surface area contributed by atoms with Crippen molar-refractivity contribution in [1.82, 2.24) is 0 Å². The molecule has 4 heteroatoms. The van der Waals surface area contributed by atoms with Gasteiger partial charge < -0.3 is 9.94 Å². The molecule has 0 spiro atoms. The first kappa shape index (κ1) is 26.3. The quantitative estimate of drug-likeness (QED) is 0.186. The number of allylic oxidation sites excluding steroid dienone is 1. The van der Waals surface area contributed by atoms with E-state index in [1.807, 2.05) is 0 Å². The number of carbonyl (C=O) groups is 1. The second-order valence-electron chi connectivity index (χ2n) is 15.1. The summed E-state index contributed by atoms with van der Waals surface area (Å²) in [6, 6.07) is 0. The topological polar surface area (TPSA) is 58.9 Å². The molecule has 0 bridgehead atoms. The van der Waals surface area contributed by atoms with Gasteiger partial charge in [-0.15, -0.1) is 0 Å². The molecule has 1 N–H and O–H groups in total. The smallest absolute Gasteiger partial charge is 0.302 e. The lowest BCUT2D eigenvalue weighted by atomic mass is 9.32. The monoisotopic (exact) mass is 497 g/mol. The summed E-state index contributed by atoms with van der Waals surface area (Å²) in [5.41, 5.74) is 3.32.